The number of amides is 1. The normalized spacial score (nSPS) is 14.7. The molecular weight excluding hydrogens is 226 g/mol. The van der Waals surface area contributed by atoms with Gasteiger partial charge in [0.2, 0.25) is 0 Å². The number of rotatable bonds is 4. The highest BCUT2D eigenvalue weighted by Crippen LogP contribution is 2.07. The molecule has 0 heterocycles. The number of aliphatic hydroxyl groups is 1. The molecule has 0 aliphatic carbocycles. The summed E-state index contributed by atoms with van der Waals surface area (Å²) < 4.78 is 9.70. The Morgan fingerprint density at radius 2 is 1.88 bits per heavy atom. The van der Waals surface area contributed by atoms with Crippen LogP contribution in [-0.2, 0) is 14.3 Å². The van der Waals surface area contributed by atoms with Crippen LogP contribution < -0.4 is 5.32 Å². The highest BCUT2D eigenvalue weighted by atomic mass is 16.6. The number of nitrogens with one attached hydrogen (secondary N) is 1. The van der Waals surface area contributed by atoms with Gasteiger partial charge in [-0.15, -0.1) is 0 Å². The van der Waals surface area contributed by atoms with Crippen LogP contribution in [0.4, 0.5) is 4.79 Å². The van der Waals surface area contributed by atoms with Gasteiger partial charge in [-0.3, -0.25) is 0 Å². The molecule has 0 saturated carbocycles. The fraction of sp³-hybridized carbons (Fsp3) is 0.818. The van der Waals surface area contributed by atoms with Crippen molar-refractivity contribution in [2.75, 3.05) is 6.61 Å². The quantitative estimate of drug-likeness (QED) is 0.718. The number of hydrogen-bond donors (Lipinski definition) is 2. The van der Waals surface area contributed by atoms with Crippen LogP contribution in [0.3, 0.4) is 0 Å². The van der Waals surface area contributed by atoms with E-state index in [1.807, 2.05) is 0 Å². The van der Waals surface area contributed by atoms with Crippen LogP contribution in [0.1, 0.15) is 34.6 Å². The molecule has 0 spiro atoms. The van der Waals surface area contributed by atoms with Crippen LogP contribution in [0.15, 0.2) is 0 Å². The van der Waals surface area contributed by atoms with Crippen molar-refractivity contribution in [3.63, 3.8) is 0 Å². The molecule has 0 rings (SSSR count). The minimum absolute atomic E-state index is 0.179. The molecule has 0 saturated heterocycles. The van der Waals surface area contributed by atoms with Gasteiger partial charge in [-0.2, -0.15) is 0 Å². The van der Waals surface area contributed by atoms with E-state index in [1.165, 1.54) is 6.92 Å². The average molecular weight is 247 g/mol. The lowest BCUT2D eigenvalue weighted by molar-refractivity contribution is -0.148. The maximum absolute atomic E-state index is 11.4. The molecule has 0 unspecified atom stereocenters. The average Bonchev–Trinajstić information content (AvgIpc) is 2.11. The summed E-state index contributed by atoms with van der Waals surface area (Å²) >= 11 is 0. The van der Waals surface area contributed by atoms with E-state index in [9.17, 15) is 14.7 Å². The first-order valence-corrected chi connectivity index (χ1v) is 5.51. The zero-order valence-electron chi connectivity index (χ0n) is 10.9. The highest BCUT2D eigenvalue weighted by Gasteiger charge is 2.28. The predicted octanol–water partition coefficient (Wildman–Crippen LogP) is 0.824. The Balaban J connectivity index is 4.46. The van der Waals surface area contributed by atoms with Gasteiger partial charge in [0.05, 0.1) is 12.7 Å². The molecule has 0 radical (unpaired) electrons. The summed E-state index contributed by atoms with van der Waals surface area (Å²) in [6.45, 7) is 8.32. The predicted molar refractivity (Wildman–Crippen MR) is 61.5 cm³/mol. The SMILES string of the molecule is CCOC(=O)[C@@H](NC(=O)OC(C)(C)C)[C@@H](C)O. The Morgan fingerprint density at radius 1 is 1.35 bits per heavy atom. The molecule has 0 aliphatic rings. The first kappa shape index (κ1) is 15.7. The highest BCUT2D eigenvalue weighted by molar-refractivity contribution is 5.82. The molecule has 2 atom stereocenters. The molecular formula is C11H21NO5. The van der Waals surface area contributed by atoms with Crippen molar-refractivity contribution in [2.45, 2.75) is 52.4 Å². The summed E-state index contributed by atoms with van der Waals surface area (Å²) in [6, 6.07) is -1.12. The summed E-state index contributed by atoms with van der Waals surface area (Å²) in [6.07, 6.45) is -1.82. The minimum atomic E-state index is -1.12. The molecule has 1 amide bonds. The van der Waals surface area contributed by atoms with Crippen LogP contribution in [0.5, 0.6) is 0 Å². The summed E-state index contributed by atoms with van der Waals surface area (Å²) in [4.78, 5) is 22.9. The Hall–Kier alpha value is -1.30. The molecule has 0 aliphatic heterocycles. The molecule has 0 aromatic heterocycles. The van der Waals surface area contributed by atoms with Gasteiger partial charge in [0.25, 0.3) is 0 Å². The second kappa shape index (κ2) is 6.44. The van der Waals surface area contributed by atoms with Gasteiger partial charge in [0, 0.05) is 0 Å². The smallest absolute Gasteiger partial charge is 0.408 e. The molecule has 0 aromatic rings. The largest absolute Gasteiger partial charge is 0.464 e. The maximum Gasteiger partial charge on any atom is 0.408 e. The number of esters is 1. The van der Waals surface area contributed by atoms with Gasteiger partial charge in [0.1, 0.15) is 5.60 Å². The third-order valence-electron chi connectivity index (χ3n) is 1.70. The lowest BCUT2D eigenvalue weighted by atomic mass is 10.2. The molecule has 6 nitrogen and oxygen atoms in total. The number of hydrogen-bond acceptors (Lipinski definition) is 5. The molecule has 0 aromatic carbocycles. The van der Waals surface area contributed by atoms with E-state index in [4.69, 9.17) is 9.47 Å². The Kier molecular flexibility index (Phi) is 5.95. The van der Waals surface area contributed by atoms with E-state index in [0.717, 1.165) is 0 Å². The van der Waals surface area contributed by atoms with Crippen molar-refractivity contribution in [1.82, 2.24) is 5.32 Å². The lowest BCUT2D eigenvalue weighted by Crippen LogP contribution is -2.49. The van der Waals surface area contributed by atoms with Gasteiger partial charge in [0.15, 0.2) is 6.04 Å². The zero-order valence-corrected chi connectivity index (χ0v) is 10.9. The van der Waals surface area contributed by atoms with E-state index in [-0.39, 0.29) is 6.61 Å². The Labute approximate surface area is 101 Å². The van der Waals surface area contributed by atoms with Crippen LogP contribution >= 0.6 is 0 Å². The number of ether oxygens (including phenoxy) is 2. The molecule has 2 N–H and O–H groups in total. The summed E-state index contributed by atoms with van der Waals surface area (Å²) in [5.74, 6) is -0.687. The fourth-order valence-corrected chi connectivity index (χ4v) is 1.04. The van der Waals surface area contributed by atoms with E-state index in [0.29, 0.717) is 0 Å². The summed E-state index contributed by atoms with van der Waals surface area (Å²) in [5.41, 5.74) is -0.665. The monoisotopic (exact) mass is 247 g/mol. The van der Waals surface area contributed by atoms with Gasteiger partial charge in [-0.1, -0.05) is 0 Å². The van der Waals surface area contributed by atoms with Crippen molar-refractivity contribution < 1.29 is 24.2 Å². The third kappa shape index (κ3) is 6.78. The van der Waals surface area contributed by atoms with E-state index < -0.39 is 29.8 Å². The van der Waals surface area contributed by atoms with Crippen molar-refractivity contribution in [1.29, 1.82) is 0 Å². The van der Waals surface area contributed by atoms with Crippen LogP contribution in [0, 0.1) is 0 Å². The molecule has 6 heteroatoms. The standard InChI is InChI=1S/C11H21NO5/c1-6-16-9(14)8(7(2)13)12-10(15)17-11(3,4)5/h7-8,13H,6H2,1-5H3,(H,12,15)/t7-,8+/m1/s1. The van der Waals surface area contributed by atoms with Crippen LogP contribution in [0.2, 0.25) is 0 Å². The van der Waals surface area contributed by atoms with Gasteiger partial charge >= 0.3 is 12.1 Å². The Bertz CT molecular complexity index is 270. The number of alkyl carbamates (subject to hydrolysis) is 1. The molecule has 0 fully saturated rings. The lowest BCUT2D eigenvalue weighted by Gasteiger charge is -2.23. The third-order valence-corrected chi connectivity index (χ3v) is 1.70. The van der Waals surface area contributed by atoms with Gasteiger partial charge < -0.3 is 19.9 Å². The number of aliphatic hydroxyl groups excluding tert-OH is 1. The van der Waals surface area contributed by atoms with Gasteiger partial charge in [-0.05, 0) is 34.6 Å². The molecule has 17 heavy (non-hydrogen) atoms. The van der Waals surface area contributed by atoms with Crippen molar-refractivity contribution >= 4 is 12.1 Å². The van der Waals surface area contributed by atoms with E-state index in [1.54, 1.807) is 27.7 Å². The van der Waals surface area contributed by atoms with E-state index >= 15 is 0 Å². The van der Waals surface area contributed by atoms with Crippen molar-refractivity contribution in [3.8, 4) is 0 Å². The fourth-order valence-electron chi connectivity index (χ4n) is 1.04. The zero-order chi connectivity index (χ0) is 13.6. The molecule has 100 valence electrons. The second-order valence-corrected chi connectivity index (χ2v) is 4.62. The van der Waals surface area contributed by atoms with Gasteiger partial charge in [-0.25, -0.2) is 9.59 Å². The first-order valence-electron chi connectivity index (χ1n) is 5.51. The summed E-state index contributed by atoms with van der Waals surface area (Å²) in [5, 5.41) is 11.7. The molecule has 0 bridgehead atoms. The van der Waals surface area contributed by atoms with Crippen LogP contribution in [-0.4, -0.2) is 41.5 Å². The topological polar surface area (TPSA) is 84.9 Å². The van der Waals surface area contributed by atoms with E-state index in [2.05, 4.69) is 5.32 Å². The minimum Gasteiger partial charge on any atom is -0.464 e. The van der Waals surface area contributed by atoms with Crippen LogP contribution in [0.25, 0.3) is 0 Å². The second-order valence-electron chi connectivity index (χ2n) is 4.62. The summed E-state index contributed by atoms with van der Waals surface area (Å²) in [7, 11) is 0. The van der Waals surface area contributed by atoms with Crippen molar-refractivity contribution in [2.24, 2.45) is 0 Å². The number of carbonyl (C=O) groups excluding carboxylic acids is 2. The number of carbonyl (C=O) groups is 2. The first-order chi connectivity index (χ1) is 7.67. The van der Waals surface area contributed by atoms with Crippen molar-refractivity contribution in [3.05, 3.63) is 0 Å². The maximum atomic E-state index is 11.4. The Morgan fingerprint density at radius 3 is 2.24 bits per heavy atom.